The van der Waals surface area contributed by atoms with Gasteiger partial charge < -0.3 is 20.1 Å². The summed E-state index contributed by atoms with van der Waals surface area (Å²) in [6.45, 7) is 0.702. The molecule has 1 saturated carbocycles. The fraction of sp³-hybridized carbons (Fsp3) is 0.524. The molecule has 5 rings (SSSR count). The normalized spacial score (nSPS) is 26.7. The molecule has 7 nitrogen and oxygen atoms in total. The Morgan fingerprint density at radius 1 is 1.32 bits per heavy atom. The van der Waals surface area contributed by atoms with Gasteiger partial charge in [-0.2, -0.15) is 9.97 Å². The van der Waals surface area contributed by atoms with Crippen molar-refractivity contribution in [3.05, 3.63) is 34.9 Å². The van der Waals surface area contributed by atoms with Gasteiger partial charge in [0, 0.05) is 17.5 Å². The summed E-state index contributed by atoms with van der Waals surface area (Å²) in [5.74, 6) is 0.855. The summed E-state index contributed by atoms with van der Waals surface area (Å²) in [6.07, 6.45) is 2.15. The van der Waals surface area contributed by atoms with Crippen molar-refractivity contribution in [3.8, 4) is 5.88 Å². The standard InChI is InChI=1S/C21H24ClFN4O3S/c22-14-4-2-13(3-5-14)15-6-9-27(10-16(15)23)20-24-18(26-21(11-28)7-1-8-21)17-19(25-20)30-12-31(17)29/h2-5,15-16,28H,1,6-12H2,(H,24,25,26)/t15?,16?,31-/m0/s1. The summed E-state index contributed by atoms with van der Waals surface area (Å²) in [5, 5.41) is 13.8. The molecule has 1 saturated heterocycles. The number of ether oxygens (including phenoxy) is 1. The summed E-state index contributed by atoms with van der Waals surface area (Å²) in [6, 6.07) is 7.32. The van der Waals surface area contributed by atoms with Crippen LogP contribution in [0.15, 0.2) is 29.2 Å². The van der Waals surface area contributed by atoms with Crippen LogP contribution in [0.4, 0.5) is 16.2 Å². The molecule has 2 aromatic rings. The number of aliphatic hydroxyl groups is 1. The second-order valence-corrected chi connectivity index (χ2v) is 10.2. The van der Waals surface area contributed by atoms with E-state index in [4.69, 9.17) is 16.3 Å². The van der Waals surface area contributed by atoms with Crippen molar-refractivity contribution in [3.63, 3.8) is 0 Å². The molecule has 0 spiro atoms. The zero-order valence-corrected chi connectivity index (χ0v) is 18.5. The first kappa shape index (κ1) is 20.9. The molecule has 2 fully saturated rings. The van der Waals surface area contributed by atoms with Crippen LogP contribution in [-0.2, 0) is 10.8 Å². The van der Waals surface area contributed by atoms with Crippen LogP contribution in [0.25, 0.3) is 0 Å². The molecular formula is C21H24ClFN4O3S. The average Bonchev–Trinajstić information content (AvgIpc) is 3.12. The van der Waals surface area contributed by atoms with E-state index < -0.39 is 22.5 Å². The minimum atomic E-state index is -1.37. The maximum atomic E-state index is 15.1. The van der Waals surface area contributed by atoms with Crippen LogP contribution in [0.3, 0.4) is 0 Å². The topological polar surface area (TPSA) is 87.6 Å². The predicted octanol–water partition coefficient (Wildman–Crippen LogP) is 3.25. The summed E-state index contributed by atoms with van der Waals surface area (Å²) >= 11 is 5.96. The van der Waals surface area contributed by atoms with Crippen LogP contribution < -0.4 is 15.0 Å². The van der Waals surface area contributed by atoms with Crippen LogP contribution in [0.2, 0.25) is 5.02 Å². The molecule has 2 aliphatic heterocycles. The number of fused-ring (bicyclic) bond motifs is 1. The number of aromatic nitrogens is 2. The van der Waals surface area contributed by atoms with Crippen molar-refractivity contribution < 1.29 is 18.4 Å². The number of alkyl halides is 1. The number of nitrogens with zero attached hydrogens (tertiary/aromatic N) is 3. The van der Waals surface area contributed by atoms with Gasteiger partial charge in [0.2, 0.25) is 11.8 Å². The molecule has 166 valence electrons. The van der Waals surface area contributed by atoms with Gasteiger partial charge in [0.15, 0.2) is 11.8 Å². The Kier molecular flexibility index (Phi) is 5.52. The largest absolute Gasteiger partial charge is 0.463 e. The van der Waals surface area contributed by atoms with Gasteiger partial charge in [-0.15, -0.1) is 0 Å². The molecule has 1 aromatic carbocycles. The van der Waals surface area contributed by atoms with E-state index in [-0.39, 0.29) is 30.9 Å². The first-order chi connectivity index (χ1) is 15.0. The van der Waals surface area contributed by atoms with Crippen molar-refractivity contribution in [1.29, 1.82) is 0 Å². The van der Waals surface area contributed by atoms with Crippen LogP contribution in [-0.4, -0.2) is 56.6 Å². The Morgan fingerprint density at radius 2 is 2.10 bits per heavy atom. The third-order valence-electron chi connectivity index (χ3n) is 6.47. The molecule has 0 bridgehead atoms. The second kappa shape index (κ2) is 8.18. The molecule has 3 aliphatic rings. The molecule has 2 unspecified atom stereocenters. The number of hydrogen-bond donors (Lipinski definition) is 2. The summed E-state index contributed by atoms with van der Waals surface area (Å²) < 4.78 is 33.1. The Hall–Kier alpha value is -1.97. The smallest absolute Gasteiger partial charge is 0.238 e. The Balaban J connectivity index is 1.40. The van der Waals surface area contributed by atoms with E-state index in [0.29, 0.717) is 34.6 Å². The lowest BCUT2D eigenvalue weighted by molar-refractivity contribution is 0.143. The van der Waals surface area contributed by atoms with Crippen molar-refractivity contribution in [2.75, 3.05) is 35.9 Å². The molecule has 1 aromatic heterocycles. The highest BCUT2D eigenvalue weighted by Crippen LogP contribution is 2.41. The molecule has 31 heavy (non-hydrogen) atoms. The van der Waals surface area contributed by atoms with Crippen molar-refractivity contribution in [1.82, 2.24) is 9.97 Å². The van der Waals surface area contributed by atoms with Gasteiger partial charge in [-0.3, -0.25) is 4.21 Å². The molecule has 0 radical (unpaired) electrons. The fourth-order valence-corrected chi connectivity index (χ4v) is 5.54. The maximum Gasteiger partial charge on any atom is 0.238 e. The predicted molar refractivity (Wildman–Crippen MR) is 117 cm³/mol. The lowest BCUT2D eigenvalue weighted by Gasteiger charge is -2.41. The van der Waals surface area contributed by atoms with Gasteiger partial charge in [-0.25, -0.2) is 4.39 Å². The Bertz CT molecular complexity index is 999. The van der Waals surface area contributed by atoms with Crippen LogP contribution in [0, 0.1) is 0 Å². The lowest BCUT2D eigenvalue weighted by Crippen LogP contribution is -2.49. The molecule has 3 atom stereocenters. The number of piperidine rings is 1. The highest BCUT2D eigenvalue weighted by Gasteiger charge is 2.40. The van der Waals surface area contributed by atoms with E-state index in [1.165, 1.54) is 0 Å². The highest BCUT2D eigenvalue weighted by atomic mass is 35.5. The van der Waals surface area contributed by atoms with Crippen molar-refractivity contribution in [2.45, 2.75) is 48.2 Å². The molecule has 0 amide bonds. The van der Waals surface area contributed by atoms with E-state index in [2.05, 4.69) is 15.3 Å². The van der Waals surface area contributed by atoms with Crippen molar-refractivity contribution in [2.24, 2.45) is 0 Å². The Labute approximate surface area is 187 Å². The maximum absolute atomic E-state index is 15.1. The van der Waals surface area contributed by atoms with E-state index >= 15 is 4.39 Å². The number of aliphatic hydroxyl groups excluding tert-OH is 1. The van der Waals surface area contributed by atoms with Crippen LogP contribution in [0.1, 0.15) is 37.2 Å². The summed E-state index contributed by atoms with van der Waals surface area (Å²) in [7, 11) is -1.37. The van der Waals surface area contributed by atoms with Crippen LogP contribution in [0.5, 0.6) is 5.88 Å². The zero-order chi connectivity index (χ0) is 21.6. The van der Waals surface area contributed by atoms with E-state index in [9.17, 15) is 9.32 Å². The third kappa shape index (κ3) is 3.87. The molecular weight excluding hydrogens is 443 g/mol. The minimum absolute atomic E-state index is 0.0264. The number of benzene rings is 1. The number of anilines is 2. The van der Waals surface area contributed by atoms with Gasteiger partial charge in [-0.1, -0.05) is 23.7 Å². The van der Waals surface area contributed by atoms with Crippen LogP contribution >= 0.6 is 11.6 Å². The SMILES string of the molecule is O=[S@]1COc2nc(N3CCC(c4ccc(Cl)cc4)C(F)C3)nc(NC3(CO)CCC3)c21. The number of halogens is 2. The second-order valence-electron chi connectivity index (χ2n) is 8.44. The molecule has 2 N–H and O–H groups in total. The third-order valence-corrected chi connectivity index (χ3v) is 7.88. The molecule has 3 heterocycles. The lowest BCUT2D eigenvalue weighted by atomic mass is 9.77. The van der Waals surface area contributed by atoms with Gasteiger partial charge >= 0.3 is 0 Å². The van der Waals surface area contributed by atoms with Crippen molar-refractivity contribution >= 4 is 34.2 Å². The fourth-order valence-electron chi connectivity index (χ4n) is 4.47. The monoisotopic (exact) mass is 466 g/mol. The van der Waals surface area contributed by atoms with Gasteiger partial charge in [-0.05, 0) is 43.4 Å². The molecule has 10 heteroatoms. The van der Waals surface area contributed by atoms with Gasteiger partial charge in [0.1, 0.15) is 21.9 Å². The quantitative estimate of drug-likeness (QED) is 0.699. The molecule has 1 aliphatic carbocycles. The zero-order valence-electron chi connectivity index (χ0n) is 16.9. The number of rotatable bonds is 5. The average molecular weight is 467 g/mol. The first-order valence-corrected chi connectivity index (χ1v) is 12.1. The Morgan fingerprint density at radius 3 is 2.74 bits per heavy atom. The van der Waals surface area contributed by atoms with E-state index in [1.807, 2.05) is 12.1 Å². The van der Waals surface area contributed by atoms with Gasteiger partial charge in [0.05, 0.1) is 18.7 Å². The van der Waals surface area contributed by atoms with E-state index in [0.717, 1.165) is 24.8 Å². The summed E-state index contributed by atoms with van der Waals surface area (Å²) in [4.78, 5) is 11.3. The number of nitrogens with one attached hydrogen (secondary N) is 1. The summed E-state index contributed by atoms with van der Waals surface area (Å²) in [5.41, 5.74) is 0.471. The highest BCUT2D eigenvalue weighted by molar-refractivity contribution is 7.85. The minimum Gasteiger partial charge on any atom is -0.463 e. The number of hydrogen-bond acceptors (Lipinski definition) is 7. The van der Waals surface area contributed by atoms with E-state index in [1.54, 1.807) is 17.0 Å². The first-order valence-electron chi connectivity index (χ1n) is 10.4. The van der Waals surface area contributed by atoms with Gasteiger partial charge in [0.25, 0.3) is 0 Å².